The molecule has 0 bridgehead atoms. The molecule has 0 fully saturated rings. The van der Waals surface area contributed by atoms with Gasteiger partial charge in [-0.15, -0.1) is 0 Å². The van der Waals surface area contributed by atoms with E-state index in [2.05, 4.69) is 5.32 Å². The van der Waals surface area contributed by atoms with E-state index >= 15 is 0 Å². The van der Waals surface area contributed by atoms with E-state index in [4.69, 9.17) is 21.8 Å². The summed E-state index contributed by atoms with van der Waals surface area (Å²) in [5.74, 6) is -0.780. The summed E-state index contributed by atoms with van der Waals surface area (Å²) in [7, 11) is 0. The first-order chi connectivity index (χ1) is 9.58. The Hall–Kier alpha value is -1.63. The maximum Gasteiger partial charge on any atom is 0.251 e. The molecule has 1 rings (SSSR count). The van der Waals surface area contributed by atoms with E-state index in [1.165, 1.54) is 11.0 Å². The Bertz CT molecular complexity index is 461. The second-order valence-corrected chi connectivity index (χ2v) is 4.46. The molecule has 0 unspecified atom stereocenters. The first kappa shape index (κ1) is 16.4. The monoisotopic (exact) mass is 300 g/mol. The molecule has 0 saturated carbocycles. The lowest BCUT2D eigenvalue weighted by Crippen LogP contribution is -2.42. The van der Waals surface area contributed by atoms with Gasteiger partial charge in [0, 0.05) is 23.7 Å². The van der Waals surface area contributed by atoms with E-state index in [1.54, 1.807) is 18.2 Å². The van der Waals surface area contributed by atoms with E-state index in [1.807, 2.05) is 0 Å². The van der Waals surface area contributed by atoms with Crippen molar-refractivity contribution in [2.45, 2.75) is 0 Å². The fourth-order valence-corrected chi connectivity index (χ4v) is 1.79. The topological polar surface area (TPSA) is 89.9 Å². The Morgan fingerprint density at radius 1 is 1.20 bits per heavy atom. The van der Waals surface area contributed by atoms with Crippen LogP contribution >= 0.6 is 11.6 Å². The number of aliphatic hydroxyl groups excluding tert-OH is 2. The van der Waals surface area contributed by atoms with E-state index in [0.717, 1.165) is 0 Å². The van der Waals surface area contributed by atoms with Gasteiger partial charge in [-0.25, -0.2) is 0 Å². The van der Waals surface area contributed by atoms with Crippen LogP contribution in [0.3, 0.4) is 0 Å². The van der Waals surface area contributed by atoms with Crippen LogP contribution in [-0.2, 0) is 4.79 Å². The number of aliphatic hydroxyl groups is 2. The molecule has 1 aromatic carbocycles. The van der Waals surface area contributed by atoms with Gasteiger partial charge >= 0.3 is 0 Å². The summed E-state index contributed by atoms with van der Waals surface area (Å²) in [5.41, 5.74) is 0.362. The largest absolute Gasteiger partial charge is 0.395 e. The van der Waals surface area contributed by atoms with Gasteiger partial charge in [-0.1, -0.05) is 17.7 Å². The van der Waals surface area contributed by atoms with Crippen LogP contribution in [0.15, 0.2) is 24.3 Å². The summed E-state index contributed by atoms with van der Waals surface area (Å²) >= 11 is 5.77. The molecule has 0 aliphatic rings. The van der Waals surface area contributed by atoms with Crippen LogP contribution in [0.4, 0.5) is 0 Å². The molecule has 0 radical (unpaired) electrons. The van der Waals surface area contributed by atoms with Crippen LogP contribution in [0.2, 0.25) is 5.02 Å². The van der Waals surface area contributed by atoms with Gasteiger partial charge < -0.3 is 20.4 Å². The standard InChI is InChI=1S/C13H17ClN2O4/c14-11-3-1-2-10(8-11)13(20)15-9-12(19)16(4-6-17)5-7-18/h1-3,8,17-18H,4-7,9H2,(H,15,20). The van der Waals surface area contributed by atoms with Gasteiger partial charge in [0.05, 0.1) is 19.8 Å². The minimum atomic E-state index is -0.409. The Morgan fingerprint density at radius 3 is 2.40 bits per heavy atom. The highest BCUT2D eigenvalue weighted by Gasteiger charge is 2.14. The first-order valence-corrected chi connectivity index (χ1v) is 6.49. The lowest BCUT2D eigenvalue weighted by Gasteiger charge is -2.20. The Kier molecular flexibility index (Phi) is 7.00. The van der Waals surface area contributed by atoms with E-state index in [9.17, 15) is 9.59 Å². The summed E-state index contributed by atoms with van der Waals surface area (Å²) in [6.45, 7) is -0.369. The second kappa shape index (κ2) is 8.52. The number of carbonyl (C=O) groups excluding carboxylic acids is 2. The number of hydrogen-bond donors (Lipinski definition) is 3. The van der Waals surface area contributed by atoms with Gasteiger partial charge in [0.2, 0.25) is 5.91 Å². The fourth-order valence-electron chi connectivity index (χ4n) is 1.60. The number of benzene rings is 1. The third-order valence-corrected chi connectivity index (χ3v) is 2.81. The van der Waals surface area contributed by atoms with Crippen molar-refractivity contribution in [2.75, 3.05) is 32.8 Å². The zero-order valence-corrected chi connectivity index (χ0v) is 11.6. The zero-order valence-electron chi connectivity index (χ0n) is 10.9. The molecule has 20 heavy (non-hydrogen) atoms. The molecular formula is C13H17ClN2O4. The van der Waals surface area contributed by atoms with Crippen molar-refractivity contribution in [1.82, 2.24) is 10.2 Å². The van der Waals surface area contributed by atoms with Crippen LogP contribution in [0.5, 0.6) is 0 Å². The SMILES string of the molecule is O=C(NCC(=O)N(CCO)CCO)c1cccc(Cl)c1. The van der Waals surface area contributed by atoms with Gasteiger partial charge in [-0.05, 0) is 18.2 Å². The van der Waals surface area contributed by atoms with Gasteiger partial charge in [-0.3, -0.25) is 9.59 Å². The molecule has 0 aliphatic heterocycles. The number of nitrogens with zero attached hydrogens (tertiary/aromatic N) is 1. The minimum absolute atomic E-state index is 0.117. The second-order valence-electron chi connectivity index (χ2n) is 4.02. The third-order valence-electron chi connectivity index (χ3n) is 2.58. The van der Waals surface area contributed by atoms with Crippen LogP contribution in [0, 0.1) is 0 Å². The van der Waals surface area contributed by atoms with Crippen molar-refractivity contribution in [3.8, 4) is 0 Å². The first-order valence-electron chi connectivity index (χ1n) is 6.11. The molecule has 3 N–H and O–H groups in total. The van der Waals surface area contributed by atoms with Crippen LogP contribution < -0.4 is 5.32 Å². The quantitative estimate of drug-likeness (QED) is 0.655. The molecule has 0 saturated heterocycles. The average molecular weight is 301 g/mol. The summed E-state index contributed by atoms with van der Waals surface area (Å²) in [6, 6.07) is 6.38. The summed E-state index contributed by atoms with van der Waals surface area (Å²) < 4.78 is 0. The van der Waals surface area contributed by atoms with Gasteiger partial charge in [0.25, 0.3) is 5.91 Å². The fraction of sp³-hybridized carbons (Fsp3) is 0.385. The Morgan fingerprint density at radius 2 is 1.85 bits per heavy atom. The zero-order chi connectivity index (χ0) is 15.0. The van der Waals surface area contributed by atoms with Crippen LogP contribution in [-0.4, -0.2) is 59.8 Å². The third kappa shape index (κ3) is 5.16. The molecule has 6 nitrogen and oxygen atoms in total. The number of nitrogens with one attached hydrogen (secondary N) is 1. The molecule has 7 heteroatoms. The highest BCUT2D eigenvalue weighted by molar-refractivity contribution is 6.30. The number of hydrogen-bond acceptors (Lipinski definition) is 4. The van der Waals surface area contributed by atoms with Crippen molar-refractivity contribution in [1.29, 1.82) is 0 Å². The predicted octanol–water partition coefficient (Wildman–Crippen LogP) is -0.117. The highest BCUT2D eigenvalue weighted by atomic mass is 35.5. The van der Waals surface area contributed by atoms with Gasteiger partial charge in [0.15, 0.2) is 0 Å². The molecule has 1 aromatic rings. The number of carbonyl (C=O) groups is 2. The lowest BCUT2D eigenvalue weighted by molar-refractivity contribution is -0.131. The van der Waals surface area contributed by atoms with E-state index in [-0.39, 0.29) is 38.8 Å². The lowest BCUT2D eigenvalue weighted by atomic mass is 10.2. The van der Waals surface area contributed by atoms with Crippen molar-refractivity contribution in [2.24, 2.45) is 0 Å². The van der Waals surface area contributed by atoms with Gasteiger partial charge in [0.1, 0.15) is 0 Å². The van der Waals surface area contributed by atoms with Crippen molar-refractivity contribution in [3.63, 3.8) is 0 Å². The average Bonchev–Trinajstić information content (AvgIpc) is 2.44. The summed E-state index contributed by atoms with van der Waals surface area (Å²) in [6.07, 6.45) is 0. The Labute approximate surface area is 122 Å². The molecular weight excluding hydrogens is 284 g/mol. The number of halogens is 1. The van der Waals surface area contributed by atoms with E-state index < -0.39 is 5.91 Å². The maximum atomic E-state index is 11.8. The van der Waals surface area contributed by atoms with Crippen LogP contribution in [0.25, 0.3) is 0 Å². The van der Waals surface area contributed by atoms with E-state index in [0.29, 0.717) is 10.6 Å². The number of rotatable bonds is 7. The molecule has 0 aliphatic carbocycles. The molecule has 0 atom stereocenters. The smallest absolute Gasteiger partial charge is 0.251 e. The van der Waals surface area contributed by atoms with Crippen molar-refractivity contribution < 1.29 is 19.8 Å². The Balaban J connectivity index is 2.53. The predicted molar refractivity (Wildman–Crippen MR) is 74.5 cm³/mol. The molecule has 110 valence electrons. The summed E-state index contributed by atoms with van der Waals surface area (Å²) in [5, 5.41) is 20.5. The minimum Gasteiger partial charge on any atom is -0.395 e. The van der Waals surface area contributed by atoms with Crippen molar-refractivity contribution in [3.05, 3.63) is 34.9 Å². The molecule has 2 amide bonds. The maximum absolute atomic E-state index is 11.8. The molecule has 0 spiro atoms. The summed E-state index contributed by atoms with van der Waals surface area (Å²) in [4.78, 5) is 24.9. The van der Waals surface area contributed by atoms with Crippen molar-refractivity contribution >= 4 is 23.4 Å². The normalized spacial score (nSPS) is 10.2. The molecule has 0 heterocycles. The van der Waals surface area contributed by atoms with Gasteiger partial charge in [-0.2, -0.15) is 0 Å². The van der Waals surface area contributed by atoms with Crippen LogP contribution in [0.1, 0.15) is 10.4 Å². The number of amides is 2. The molecule has 0 aromatic heterocycles. The highest BCUT2D eigenvalue weighted by Crippen LogP contribution is 2.10.